The summed E-state index contributed by atoms with van der Waals surface area (Å²) in [4.78, 5) is 11.2. The Balaban J connectivity index is 3.60. The van der Waals surface area contributed by atoms with Crippen molar-refractivity contribution in [1.29, 1.82) is 0 Å². The van der Waals surface area contributed by atoms with E-state index < -0.39 is 0 Å². The normalized spacial score (nSPS) is 14.6. The molecule has 0 saturated carbocycles. The van der Waals surface area contributed by atoms with Crippen molar-refractivity contribution in [1.82, 2.24) is 10.6 Å². The van der Waals surface area contributed by atoms with Gasteiger partial charge in [0.05, 0.1) is 12.6 Å². The van der Waals surface area contributed by atoms with Gasteiger partial charge in [-0.05, 0) is 20.3 Å². The molecular formula is C9H20N2O3. The lowest BCUT2D eigenvalue weighted by atomic mass is 10.2. The van der Waals surface area contributed by atoms with E-state index in [0.717, 1.165) is 6.42 Å². The zero-order chi connectivity index (χ0) is 11.0. The molecule has 14 heavy (non-hydrogen) atoms. The summed E-state index contributed by atoms with van der Waals surface area (Å²) in [7, 11) is 1.63. The highest BCUT2D eigenvalue weighted by Gasteiger charge is 2.08. The summed E-state index contributed by atoms with van der Waals surface area (Å²) in [6.07, 6.45) is 0.775. The number of hydrogen-bond acceptors (Lipinski definition) is 3. The molecule has 5 nitrogen and oxygen atoms in total. The minimum absolute atomic E-state index is 0.0557. The highest BCUT2D eigenvalue weighted by atomic mass is 16.5. The smallest absolute Gasteiger partial charge is 0.315 e. The van der Waals surface area contributed by atoms with Crippen LogP contribution in [-0.4, -0.2) is 43.5 Å². The fourth-order valence-corrected chi connectivity index (χ4v) is 0.902. The van der Waals surface area contributed by atoms with Crippen LogP contribution < -0.4 is 10.6 Å². The summed E-state index contributed by atoms with van der Waals surface area (Å²) in [5.41, 5.74) is 0. The van der Waals surface area contributed by atoms with Crippen molar-refractivity contribution in [3.05, 3.63) is 0 Å². The van der Waals surface area contributed by atoms with Crippen LogP contribution in [0.1, 0.15) is 20.3 Å². The Morgan fingerprint density at radius 1 is 1.36 bits per heavy atom. The topological polar surface area (TPSA) is 70.6 Å². The molecule has 0 fully saturated rings. The third kappa shape index (κ3) is 6.68. The largest absolute Gasteiger partial charge is 0.394 e. The van der Waals surface area contributed by atoms with Crippen molar-refractivity contribution in [3.63, 3.8) is 0 Å². The van der Waals surface area contributed by atoms with Crippen molar-refractivity contribution < 1.29 is 14.6 Å². The maximum Gasteiger partial charge on any atom is 0.315 e. The molecule has 0 radical (unpaired) electrons. The molecule has 2 atom stereocenters. The Labute approximate surface area is 84.8 Å². The van der Waals surface area contributed by atoms with Crippen molar-refractivity contribution >= 4 is 6.03 Å². The maximum atomic E-state index is 11.2. The van der Waals surface area contributed by atoms with Crippen LogP contribution in [-0.2, 0) is 4.74 Å². The number of hydrogen-bond donors (Lipinski definition) is 3. The lowest BCUT2D eigenvalue weighted by Gasteiger charge is -2.16. The Morgan fingerprint density at radius 2 is 1.93 bits per heavy atom. The number of aliphatic hydroxyl groups is 1. The summed E-state index contributed by atoms with van der Waals surface area (Å²) in [5, 5.41) is 14.0. The number of aliphatic hydroxyl groups excluding tert-OH is 1. The van der Waals surface area contributed by atoms with Gasteiger partial charge in [0, 0.05) is 19.8 Å². The zero-order valence-corrected chi connectivity index (χ0v) is 9.04. The quantitative estimate of drug-likeness (QED) is 0.574. The van der Waals surface area contributed by atoms with E-state index in [1.165, 1.54) is 0 Å². The molecule has 0 aromatic carbocycles. The van der Waals surface area contributed by atoms with Gasteiger partial charge in [-0.15, -0.1) is 0 Å². The standard InChI is InChI=1S/C9H20N2O3/c1-7(4-5-14-3)10-9(13)11-8(2)6-12/h7-8,12H,4-6H2,1-3H3,(H2,10,11,13)/t7?,8-/m0/s1. The fourth-order valence-electron chi connectivity index (χ4n) is 0.902. The number of methoxy groups -OCH3 is 1. The van der Waals surface area contributed by atoms with Crippen LogP contribution in [0.3, 0.4) is 0 Å². The van der Waals surface area contributed by atoms with E-state index in [2.05, 4.69) is 10.6 Å². The Hall–Kier alpha value is -0.810. The van der Waals surface area contributed by atoms with E-state index in [9.17, 15) is 4.79 Å². The van der Waals surface area contributed by atoms with Gasteiger partial charge < -0.3 is 20.5 Å². The molecule has 0 aliphatic heterocycles. The van der Waals surface area contributed by atoms with Crippen LogP contribution in [0, 0.1) is 0 Å². The van der Waals surface area contributed by atoms with E-state index in [1.807, 2.05) is 6.92 Å². The molecular weight excluding hydrogens is 184 g/mol. The predicted octanol–water partition coefficient (Wildman–Crippen LogP) is 0.0914. The number of urea groups is 1. The first-order valence-corrected chi connectivity index (χ1v) is 4.77. The highest BCUT2D eigenvalue weighted by molar-refractivity contribution is 5.74. The van der Waals surface area contributed by atoms with Crippen LogP contribution >= 0.6 is 0 Å². The Bertz CT molecular complexity index is 164. The van der Waals surface area contributed by atoms with E-state index in [-0.39, 0.29) is 24.7 Å². The van der Waals surface area contributed by atoms with Crippen LogP contribution in [0.2, 0.25) is 0 Å². The third-order valence-corrected chi connectivity index (χ3v) is 1.78. The molecule has 0 rings (SSSR count). The van der Waals surface area contributed by atoms with Gasteiger partial charge in [0.1, 0.15) is 0 Å². The summed E-state index contributed by atoms with van der Waals surface area (Å²) in [6, 6.07) is -0.402. The first-order valence-electron chi connectivity index (χ1n) is 4.77. The fraction of sp³-hybridized carbons (Fsp3) is 0.889. The van der Waals surface area contributed by atoms with Crippen LogP contribution in [0.5, 0.6) is 0 Å². The molecule has 1 unspecified atom stereocenters. The average Bonchev–Trinajstić information content (AvgIpc) is 2.14. The van der Waals surface area contributed by atoms with Crippen LogP contribution in [0.4, 0.5) is 4.79 Å². The van der Waals surface area contributed by atoms with Gasteiger partial charge in [-0.25, -0.2) is 4.79 Å². The summed E-state index contributed by atoms with van der Waals surface area (Å²) < 4.78 is 4.88. The molecule has 84 valence electrons. The molecule has 0 heterocycles. The van der Waals surface area contributed by atoms with Crippen molar-refractivity contribution in [2.24, 2.45) is 0 Å². The molecule has 3 N–H and O–H groups in total. The maximum absolute atomic E-state index is 11.2. The first-order chi connectivity index (χ1) is 6.60. The number of nitrogens with one attached hydrogen (secondary N) is 2. The minimum atomic E-state index is -0.254. The molecule has 2 amide bonds. The van der Waals surface area contributed by atoms with E-state index in [0.29, 0.717) is 6.61 Å². The average molecular weight is 204 g/mol. The monoisotopic (exact) mass is 204 g/mol. The first kappa shape index (κ1) is 13.2. The van der Waals surface area contributed by atoms with Gasteiger partial charge in [0.15, 0.2) is 0 Å². The second-order valence-corrected chi connectivity index (χ2v) is 3.38. The number of carbonyl (C=O) groups excluding carboxylic acids is 1. The molecule has 0 aromatic rings. The lowest BCUT2D eigenvalue weighted by Crippen LogP contribution is -2.45. The van der Waals surface area contributed by atoms with Gasteiger partial charge in [-0.1, -0.05) is 0 Å². The molecule has 0 aromatic heterocycles. The van der Waals surface area contributed by atoms with Crippen molar-refractivity contribution in [3.8, 4) is 0 Å². The second kappa shape index (κ2) is 7.58. The van der Waals surface area contributed by atoms with E-state index >= 15 is 0 Å². The number of ether oxygens (including phenoxy) is 1. The summed E-state index contributed by atoms with van der Waals surface area (Å²) in [6.45, 7) is 4.21. The SMILES string of the molecule is COCCC(C)NC(=O)N[C@@H](C)CO. The van der Waals surface area contributed by atoms with Gasteiger partial charge >= 0.3 is 6.03 Å². The molecule has 0 saturated heterocycles. The lowest BCUT2D eigenvalue weighted by molar-refractivity contribution is 0.182. The molecule has 0 bridgehead atoms. The highest BCUT2D eigenvalue weighted by Crippen LogP contribution is 1.90. The van der Waals surface area contributed by atoms with Crippen LogP contribution in [0.15, 0.2) is 0 Å². The summed E-state index contributed by atoms with van der Waals surface area (Å²) >= 11 is 0. The Kier molecular flexibility index (Phi) is 7.14. The van der Waals surface area contributed by atoms with Crippen molar-refractivity contribution in [2.75, 3.05) is 20.3 Å². The molecule has 0 spiro atoms. The van der Waals surface area contributed by atoms with Gasteiger partial charge in [-0.2, -0.15) is 0 Å². The molecule has 0 aliphatic carbocycles. The molecule has 5 heteroatoms. The number of amides is 2. The molecule has 0 aliphatic rings. The van der Waals surface area contributed by atoms with Gasteiger partial charge in [0.25, 0.3) is 0 Å². The summed E-state index contributed by atoms with van der Waals surface area (Å²) in [5.74, 6) is 0. The zero-order valence-electron chi connectivity index (χ0n) is 9.04. The second-order valence-electron chi connectivity index (χ2n) is 3.38. The third-order valence-electron chi connectivity index (χ3n) is 1.78. The number of rotatable bonds is 6. The van der Waals surface area contributed by atoms with Crippen molar-refractivity contribution in [2.45, 2.75) is 32.4 Å². The van der Waals surface area contributed by atoms with Gasteiger partial charge in [-0.3, -0.25) is 0 Å². The van der Waals surface area contributed by atoms with Gasteiger partial charge in [0.2, 0.25) is 0 Å². The van der Waals surface area contributed by atoms with E-state index in [4.69, 9.17) is 9.84 Å². The van der Waals surface area contributed by atoms with Crippen LogP contribution in [0.25, 0.3) is 0 Å². The predicted molar refractivity (Wildman–Crippen MR) is 54.2 cm³/mol. The number of carbonyl (C=O) groups is 1. The Morgan fingerprint density at radius 3 is 2.43 bits per heavy atom. The minimum Gasteiger partial charge on any atom is -0.394 e. The van der Waals surface area contributed by atoms with E-state index in [1.54, 1.807) is 14.0 Å².